The molecule has 0 unspecified atom stereocenters. The van der Waals surface area contributed by atoms with Gasteiger partial charge in [-0.3, -0.25) is 10.1 Å². The average Bonchev–Trinajstić information content (AvgIpc) is 3.13. The van der Waals surface area contributed by atoms with Gasteiger partial charge in [0.15, 0.2) is 5.70 Å². The number of nitro benzene ring substituents is 1. The van der Waals surface area contributed by atoms with E-state index in [0.717, 1.165) is 18.3 Å². The molecule has 0 spiro atoms. The predicted octanol–water partition coefficient (Wildman–Crippen LogP) is 7.03. The van der Waals surface area contributed by atoms with Gasteiger partial charge in [-0.1, -0.05) is 23.2 Å². The first-order chi connectivity index (χ1) is 16.2. The maximum atomic E-state index is 12.4. The van der Waals surface area contributed by atoms with Gasteiger partial charge in [0.1, 0.15) is 12.4 Å². The van der Waals surface area contributed by atoms with Crippen molar-refractivity contribution in [3.05, 3.63) is 104 Å². The van der Waals surface area contributed by atoms with Crippen molar-refractivity contribution in [1.29, 1.82) is 0 Å². The molecule has 0 radical (unpaired) electrons. The third-order valence-corrected chi connectivity index (χ3v) is 6.79. The first-order valence-corrected chi connectivity index (χ1v) is 12.5. The minimum atomic E-state index is -0.579. The van der Waals surface area contributed by atoms with Crippen LogP contribution in [0.1, 0.15) is 16.7 Å². The van der Waals surface area contributed by atoms with Gasteiger partial charge in [-0.2, -0.15) is 0 Å². The van der Waals surface area contributed by atoms with E-state index in [-0.39, 0.29) is 23.9 Å². The van der Waals surface area contributed by atoms with Gasteiger partial charge in [-0.15, -0.1) is 0 Å². The predicted molar refractivity (Wildman–Crippen MR) is 146 cm³/mol. The highest BCUT2D eigenvalue weighted by atomic mass is 127. The lowest BCUT2D eigenvalue weighted by Crippen LogP contribution is -2.06. The number of nitrogens with zero attached hydrogens (tertiary/aromatic N) is 2. The molecule has 0 fully saturated rings. The van der Waals surface area contributed by atoms with E-state index in [9.17, 15) is 14.9 Å². The molecule has 0 aromatic heterocycles. The van der Waals surface area contributed by atoms with Crippen molar-refractivity contribution >= 4 is 92.0 Å². The first kappa shape index (κ1) is 24.9. The van der Waals surface area contributed by atoms with Crippen LogP contribution in [0.15, 0.2) is 65.3 Å². The van der Waals surface area contributed by atoms with E-state index >= 15 is 0 Å². The quantitative estimate of drug-likeness (QED) is 0.0897. The fourth-order valence-corrected chi connectivity index (χ4v) is 5.63. The Bertz CT molecular complexity index is 1350. The Morgan fingerprint density at radius 2 is 1.74 bits per heavy atom. The number of carbonyl (C=O) groups excluding carboxylic acids is 1. The number of rotatable bonds is 6. The lowest BCUT2D eigenvalue weighted by molar-refractivity contribution is -0.384. The maximum absolute atomic E-state index is 12.4. The van der Waals surface area contributed by atoms with Gasteiger partial charge in [0.25, 0.3) is 5.69 Å². The molecule has 0 N–H and O–H groups in total. The molecular formula is C23H12Cl2I2N2O5. The Morgan fingerprint density at radius 3 is 2.35 bits per heavy atom. The lowest BCUT2D eigenvalue weighted by atomic mass is 10.2. The van der Waals surface area contributed by atoms with Crippen molar-refractivity contribution < 1.29 is 19.2 Å². The molecular weight excluding hydrogens is 709 g/mol. The van der Waals surface area contributed by atoms with Crippen LogP contribution in [0.3, 0.4) is 0 Å². The maximum Gasteiger partial charge on any atom is 0.363 e. The third-order valence-electron chi connectivity index (χ3n) is 4.64. The molecule has 34 heavy (non-hydrogen) atoms. The number of benzene rings is 3. The van der Waals surface area contributed by atoms with Crippen LogP contribution in [0, 0.1) is 17.3 Å². The van der Waals surface area contributed by atoms with E-state index in [4.69, 9.17) is 32.7 Å². The summed E-state index contributed by atoms with van der Waals surface area (Å²) < 4.78 is 12.9. The summed E-state index contributed by atoms with van der Waals surface area (Å²) >= 11 is 16.4. The van der Waals surface area contributed by atoms with E-state index in [1.54, 1.807) is 36.4 Å². The number of ether oxygens (including phenoxy) is 2. The van der Waals surface area contributed by atoms with E-state index in [1.807, 2.05) is 12.1 Å². The summed E-state index contributed by atoms with van der Waals surface area (Å²) in [5.74, 6) is 0.211. The van der Waals surface area contributed by atoms with E-state index in [1.165, 1.54) is 12.1 Å². The molecule has 1 aliphatic rings. The first-order valence-electron chi connectivity index (χ1n) is 9.54. The Kier molecular flexibility index (Phi) is 7.75. The summed E-state index contributed by atoms with van der Waals surface area (Å²) in [6.45, 7) is 0.256. The van der Waals surface area contributed by atoms with Gasteiger partial charge < -0.3 is 9.47 Å². The van der Waals surface area contributed by atoms with E-state index in [2.05, 4.69) is 50.2 Å². The van der Waals surface area contributed by atoms with Crippen LogP contribution in [0.4, 0.5) is 5.69 Å². The van der Waals surface area contributed by atoms with Crippen molar-refractivity contribution in [3.8, 4) is 5.75 Å². The molecule has 1 heterocycles. The second-order valence-electron chi connectivity index (χ2n) is 6.99. The molecule has 1 aliphatic heterocycles. The highest BCUT2D eigenvalue weighted by Crippen LogP contribution is 2.32. The standard InChI is InChI=1S/C23H12Cl2I2N2O5/c24-14-3-6-16(17(25)10-14)22-28-20(23(30)34-22)9-13-7-18(26)21(19(27)8-13)33-11-12-1-4-15(5-2-12)29(31)32/h1-10H,11H2/b20-9-. The Morgan fingerprint density at radius 1 is 1.06 bits per heavy atom. The molecule has 0 bridgehead atoms. The van der Waals surface area contributed by atoms with Crippen LogP contribution in [0.5, 0.6) is 5.75 Å². The van der Waals surface area contributed by atoms with Gasteiger partial charge in [-0.05, 0) is 105 Å². The number of carbonyl (C=O) groups is 1. The lowest BCUT2D eigenvalue weighted by Gasteiger charge is -2.11. The zero-order valence-electron chi connectivity index (χ0n) is 16.9. The minimum absolute atomic E-state index is 0.0277. The molecule has 0 aliphatic carbocycles. The second kappa shape index (κ2) is 10.6. The summed E-state index contributed by atoms with van der Waals surface area (Å²) in [6, 6.07) is 14.7. The van der Waals surface area contributed by atoms with Crippen LogP contribution < -0.4 is 4.74 Å². The SMILES string of the molecule is O=C1OC(c2ccc(Cl)cc2Cl)=N/C1=C\c1cc(I)c(OCc2ccc([N+](=O)[O-])cc2)c(I)c1. The zero-order chi connectivity index (χ0) is 24.4. The summed E-state index contributed by atoms with van der Waals surface area (Å²) in [5, 5.41) is 11.6. The highest BCUT2D eigenvalue weighted by molar-refractivity contribution is 14.1. The van der Waals surface area contributed by atoms with Gasteiger partial charge in [0.05, 0.1) is 22.6 Å². The van der Waals surface area contributed by atoms with Gasteiger partial charge >= 0.3 is 5.97 Å². The Hall–Kier alpha value is -2.22. The second-order valence-corrected chi connectivity index (χ2v) is 10.2. The topological polar surface area (TPSA) is 91.0 Å². The smallest absolute Gasteiger partial charge is 0.363 e. The molecule has 3 aromatic rings. The van der Waals surface area contributed by atoms with Gasteiger partial charge in [0, 0.05) is 17.2 Å². The van der Waals surface area contributed by atoms with Crippen LogP contribution in [0.2, 0.25) is 10.0 Å². The molecule has 4 rings (SSSR count). The number of non-ortho nitro benzene ring substituents is 1. The molecule has 0 amide bonds. The van der Waals surface area contributed by atoms with Crippen LogP contribution in [-0.2, 0) is 16.1 Å². The van der Waals surface area contributed by atoms with Gasteiger partial charge in [-0.25, -0.2) is 9.79 Å². The molecule has 0 atom stereocenters. The fraction of sp³-hybridized carbons (Fsp3) is 0.0435. The van der Waals surface area contributed by atoms with Crippen molar-refractivity contribution in [2.24, 2.45) is 4.99 Å². The summed E-state index contributed by atoms with van der Waals surface area (Å²) in [6.07, 6.45) is 1.63. The number of halogens is 4. The molecule has 0 saturated heterocycles. The number of cyclic esters (lactones) is 1. The van der Waals surface area contributed by atoms with Gasteiger partial charge in [0.2, 0.25) is 5.90 Å². The number of hydrogen-bond donors (Lipinski definition) is 0. The number of aliphatic imine (C=N–C) groups is 1. The number of hydrogen-bond acceptors (Lipinski definition) is 6. The molecule has 3 aromatic carbocycles. The molecule has 172 valence electrons. The third kappa shape index (κ3) is 5.70. The molecule has 0 saturated carbocycles. The Labute approximate surface area is 231 Å². The van der Waals surface area contributed by atoms with Crippen molar-refractivity contribution in [1.82, 2.24) is 0 Å². The largest absolute Gasteiger partial charge is 0.487 e. The van der Waals surface area contributed by atoms with E-state index in [0.29, 0.717) is 21.4 Å². The van der Waals surface area contributed by atoms with Crippen LogP contribution >= 0.6 is 68.4 Å². The number of nitro groups is 1. The minimum Gasteiger partial charge on any atom is -0.487 e. The Balaban J connectivity index is 1.53. The van der Waals surface area contributed by atoms with E-state index < -0.39 is 10.9 Å². The van der Waals surface area contributed by atoms with Crippen molar-refractivity contribution in [3.63, 3.8) is 0 Å². The molecule has 7 nitrogen and oxygen atoms in total. The average molecular weight is 721 g/mol. The molecule has 11 heteroatoms. The van der Waals surface area contributed by atoms with Crippen LogP contribution in [0.25, 0.3) is 6.08 Å². The van der Waals surface area contributed by atoms with Crippen LogP contribution in [-0.4, -0.2) is 16.8 Å². The van der Waals surface area contributed by atoms with Crippen molar-refractivity contribution in [2.75, 3.05) is 0 Å². The monoisotopic (exact) mass is 720 g/mol. The normalized spacial score (nSPS) is 14.2. The zero-order valence-corrected chi connectivity index (χ0v) is 22.8. The highest BCUT2D eigenvalue weighted by Gasteiger charge is 2.26. The summed E-state index contributed by atoms with van der Waals surface area (Å²) in [7, 11) is 0. The summed E-state index contributed by atoms with van der Waals surface area (Å²) in [4.78, 5) is 27.0. The summed E-state index contributed by atoms with van der Waals surface area (Å²) in [5.41, 5.74) is 2.20. The van der Waals surface area contributed by atoms with Crippen molar-refractivity contribution in [2.45, 2.75) is 6.61 Å². The fourth-order valence-electron chi connectivity index (χ4n) is 3.02. The number of esters is 1.